The number of nitrogens with zero attached hydrogens (tertiary/aromatic N) is 1. The second kappa shape index (κ2) is 10.5. The van der Waals surface area contributed by atoms with Crippen LogP contribution >= 0.6 is 0 Å². The van der Waals surface area contributed by atoms with Crippen molar-refractivity contribution in [3.05, 3.63) is 71.8 Å². The van der Waals surface area contributed by atoms with Crippen molar-refractivity contribution in [3.8, 4) is 0 Å². The number of fused-ring (bicyclic) bond motifs is 1. The van der Waals surface area contributed by atoms with Crippen LogP contribution in [0.1, 0.15) is 56.6 Å². The summed E-state index contributed by atoms with van der Waals surface area (Å²) in [6.07, 6.45) is 6.09. The summed E-state index contributed by atoms with van der Waals surface area (Å²) in [5.41, 5.74) is 2.58. The highest BCUT2D eigenvalue weighted by molar-refractivity contribution is 5.84. The summed E-state index contributed by atoms with van der Waals surface area (Å²) >= 11 is 0. The summed E-state index contributed by atoms with van der Waals surface area (Å²) in [6, 6.07) is 21.4. The van der Waals surface area contributed by atoms with E-state index in [1.54, 1.807) is 0 Å². The molecule has 1 aliphatic heterocycles. The smallest absolute Gasteiger partial charge is 0.228 e. The highest BCUT2D eigenvalue weighted by Gasteiger charge is 2.43. The molecule has 1 N–H and O–H groups in total. The average Bonchev–Trinajstić information content (AvgIpc) is 3.34. The number of hydrogen-bond donors (Lipinski definition) is 1. The lowest BCUT2D eigenvalue weighted by atomic mass is 9.87. The van der Waals surface area contributed by atoms with Gasteiger partial charge in [0.2, 0.25) is 5.91 Å². The van der Waals surface area contributed by atoms with Crippen LogP contribution < -0.4 is 5.32 Å². The lowest BCUT2D eigenvalue weighted by Gasteiger charge is -2.26. The number of unbranched alkanes of at least 4 members (excludes halogenated alkanes) is 1. The molecule has 1 aliphatic carbocycles. The number of hydrogen-bond acceptors (Lipinski definition) is 2. The van der Waals surface area contributed by atoms with E-state index in [0.29, 0.717) is 17.9 Å². The molecule has 1 heterocycles. The van der Waals surface area contributed by atoms with Crippen molar-refractivity contribution in [1.82, 2.24) is 10.2 Å². The van der Waals surface area contributed by atoms with Crippen LogP contribution in [0.3, 0.4) is 0 Å². The van der Waals surface area contributed by atoms with Crippen LogP contribution in [0.25, 0.3) is 0 Å². The minimum atomic E-state index is -0.0595. The Bertz CT molecular complexity index is 819. The van der Waals surface area contributed by atoms with Crippen LogP contribution in [0.2, 0.25) is 0 Å². The molecule has 0 spiro atoms. The summed E-state index contributed by atoms with van der Waals surface area (Å²) in [4.78, 5) is 15.9. The Morgan fingerprint density at radius 1 is 0.968 bits per heavy atom. The predicted octanol–water partition coefficient (Wildman–Crippen LogP) is 5.28. The molecular weight excluding hydrogens is 380 g/mol. The summed E-state index contributed by atoms with van der Waals surface area (Å²) < 4.78 is 0. The van der Waals surface area contributed by atoms with Gasteiger partial charge in [-0.3, -0.25) is 4.79 Å². The van der Waals surface area contributed by atoms with Crippen molar-refractivity contribution in [1.29, 1.82) is 0 Å². The first kappa shape index (κ1) is 22.1. The minimum Gasteiger partial charge on any atom is -0.352 e. The molecule has 2 aliphatic rings. The maximum atomic E-state index is 13.2. The fraction of sp³-hybridized carbons (Fsp3) is 0.536. The van der Waals surface area contributed by atoms with E-state index in [2.05, 4.69) is 66.5 Å². The summed E-state index contributed by atoms with van der Waals surface area (Å²) in [5.74, 6) is 1.84. The Hall–Kier alpha value is -2.13. The van der Waals surface area contributed by atoms with Crippen molar-refractivity contribution in [2.75, 3.05) is 19.6 Å². The Morgan fingerprint density at radius 3 is 2.39 bits per heavy atom. The van der Waals surface area contributed by atoms with E-state index < -0.39 is 0 Å². The molecule has 4 rings (SSSR count). The van der Waals surface area contributed by atoms with Gasteiger partial charge in [0.05, 0.1) is 5.92 Å². The molecule has 3 nitrogen and oxygen atoms in total. The maximum absolute atomic E-state index is 13.2. The van der Waals surface area contributed by atoms with Crippen molar-refractivity contribution in [2.24, 2.45) is 17.8 Å². The van der Waals surface area contributed by atoms with E-state index >= 15 is 0 Å². The molecule has 0 bridgehead atoms. The van der Waals surface area contributed by atoms with Crippen molar-refractivity contribution in [2.45, 2.75) is 57.9 Å². The highest BCUT2D eigenvalue weighted by Crippen LogP contribution is 2.39. The maximum Gasteiger partial charge on any atom is 0.228 e. The van der Waals surface area contributed by atoms with Gasteiger partial charge in [-0.2, -0.15) is 0 Å². The zero-order chi connectivity index (χ0) is 21.6. The highest BCUT2D eigenvalue weighted by atomic mass is 16.2. The number of carbonyl (C=O) groups excluding carboxylic acids is 1. The zero-order valence-electron chi connectivity index (χ0n) is 19.2. The number of carbonyl (C=O) groups is 1. The van der Waals surface area contributed by atoms with E-state index in [9.17, 15) is 4.79 Å². The first-order valence-corrected chi connectivity index (χ1v) is 12.2. The second-order valence-corrected chi connectivity index (χ2v) is 9.95. The summed E-state index contributed by atoms with van der Waals surface area (Å²) in [6.45, 7) is 7.87. The van der Waals surface area contributed by atoms with E-state index in [4.69, 9.17) is 0 Å². The average molecular weight is 419 g/mol. The molecule has 2 aromatic rings. The Labute approximate surface area is 188 Å². The van der Waals surface area contributed by atoms with Crippen LogP contribution in [0.15, 0.2) is 60.7 Å². The number of amides is 1. The third-order valence-electron chi connectivity index (χ3n) is 7.40. The van der Waals surface area contributed by atoms with Gasteiger partial charge in [-0.15, -0.1) is 0 Å². The van der Waals surface area contributed by atoms with Crippen LogP contribution in [-0.4, -0.2) is 36.5 Å². The van der Waals surface area contributed by atoms with E-state index in [1.165, 1.54) is 44.3 Å². The van der Waals surface area contributed by atoms with Gasteiger partial charge in [0, 0.05) is 19.1 Å². The van der Waals surface area contributed by atoms with Gasteiger partial charge < -0.3 is 10.2 Å². The molecule has 0 aromatic heterocycles. The first-order chi connectivity index (χ1) is 15.1. The fourth-order valence-electron chi connectivity index (χ4n) is 5.80. The molecule has 4 unspecified atom stereocenters. The molecule has 3 heteroatoms. The molecule has 31 heavy (non-hydrogen) atoms. The van der Waals surface area contributed by atoms with Crippen LogP contribution in [0.4, 0.5) is 0 Å². The van der Waals surface area contributed by atoms with Crippen molar-refractivity contribution < 1.29 is 4.79 Å². The van der Waals surface area contributed by atoms with Gasteiger partial charge in [-0.25, -0.2) is 0 Å². The molecule has 1 amide bonds. The van der Waals surface area contributed by atoms with Gasteiger partial charge in [0.15, 0.2) is 0 Å². The predicted molar refractivity (Wildman–Crippen MR) is 128 cm³/mol. The number of aryl methyl sites for hydroxylation is 1. The first-order valence-electron chi connectivity index (χ1n) is 12.2. The van der Waals surface area contributed by atoms with Crippen molar-refractivity contribution in [3.63, 3.8) is 0 Å². The monoisotopic (exact) mass is 418 g/mol. The van der Waals surface area contributed by atoms with Crippen LogP contribution in [0.5, 0.6) is 0 Å². The molecule has 4 atom stereocenters. The number of benzene rings is 2. The lowest BCUT2D eigenvalue weighted by molar-refractivity contribution is -0.124. The largest absolute Gasteiger partial charge is 0.352 e. The summed E-state index contributed by atoms with van der Waals surface area (Å²) in [7, 11) is 0. The fourth-order valence-corrected chi connectivity index (χ4v) is 5.80. The van der Waals surface area contributed by atoms with E-state index in [-0.39, 0.29) is 11.8 Å². The Morgan fingerprint density at radius 2 is 1.68 bits per heavy atom. The normalized spacial score (nSPS) is 24.3. The second-order valence-electron chi connectivity index (χ2n) is 9.95. The minimum absolute atomic E-state index is 0.0595. The van der Waals surface area contributed by atoms with E-state index in [0.717, 1.165) is 24.4 Å². The number of likely N-dealkylation sites (tertiary alicyclic amines) is 1. The molecular formula is C28H38N2O. The Balaban J connectivity index is 1.26. The van der Waals surface area contributed by atoms with Gasteiger partial charge in [-0.1, -0.05) is 74.5 Å². The van der Waals surface area contributed by atoms with Crippen molar-refractivity contribution >= 4 is 5.91 Å². The third kappa shape index (κ3) is 5.57. The summed E-state index contributed by atoms with van der Waals surface area (Å²) in [5, 5.41) is 3.47. The Kier molecular flexibility index (Phi) is 7.45. The van der Waals surface area contributed by atoms with E-state index in [1.807, 2.05) is 18.2 Å². The van der Waals surface area contributed by atoms with Gasteiger partial charge >= 0.3 is 0 Å². The molecule has 2 fully saturated rings. The van der Waals surface area contributed by atoms with Gasteiger partial charge in [0.25, 0.3) is 0 Å². The van der Waals surface area contributed by atoms with Gasteiger partial charge in [-0.05, 0) is 67.5 Å². The molecule has 1 saturated heterocycles. The molecule has 166 valence electrons. The number of nitrogens with one attached hydrogen (secondary N) is 1. The van der Waals surface area contributed by atoms with Crippen LogP contribution in [0, 0.1) is 17.8 Å². The number of rotatable bonds is 9. The zero-order valence-corrected chi connectivity index (χ0v) is 19.2. The lowest BCUT2D eigenvalue weighted by Crippen LogP contribution is -2.43. The topological polar surface area (TPSA) is 32.3 Å². The van der Waals surface area contributed by atoms with Crippen LogP contribution in [-0.2, 0) is 11.2 Å². The molecule has 2 aromatic carbocycles. The van der Waals surface area contributed by atoms with Gasteiger partial charge in [0.1, 0.15) is 0 Å². The quantitative estimate of drug-likeness (QED) is 0.562. The SMILES string of the molecule is CC(C)C(C(=O)NC1CCC2CN(CCCCc3ccccc3)CC21)c1ccccc1. The molecule has 1 saturated carbocycles. The third-order valence-corrected chi connectivity index (χ3v) is 7.40. The standard InChI is InChI=1S/C28H38N2O/c1-21(2)27(23-14-7-4-8-15-23)28(31)29-26-17-16-24-19-30(20-25(24)26)18-10-9-13-22-11-5-3-6-12-22/h3-8,11-12,14-15,21,24-27H,9-10,13,16-20H2,1-2H3,(H,29,31). The molecule has 0 radical (unpaired) electrons.